The molecule has 15 heteroatoms. The number of amides is 2. The molecule has 4 N–H and O–H groups in total. The van der Waals surface area contributed by atoms with Crippen LogP contribution in [0.25, 0.3) is 33.4 Å². The molecule has 55 heavy (non-hydrogen) atoms. The second-order valence-electron chi connectivity index (χ2n) is 14.4. The van der Waals surface area contributed by atoms with E-state index < -0.39 is 11.2 Å². The number of ether oxygens (including phenoxy) is 1. The average molecular weight is 768 g/mol. The minimum atomic E-state index is -0.465. The van der Waals surface area contributed by atoms with Crippen molar-refractivity contribution >= 4 is 40.2 Å². The topological polar surface area (TPSA) is 169 Å². The van der Waals surface area contributed by atoms with Crippen LogP contribution in [0, 0.1) is 13.8 Å². The van der Waals surface area contributed by atoms with Gasteiger partial charge in [-0.3, -0.25) is 13.9 Å². The minimum absolute atomic E-state index is 0.0109. The maximum atomic E-state index is 13.1. The number of hydrogen-bond donors (Lipinski definition) is 4. The van der Waals surface area contributed by atoms with Gasteiger partial charge in [0.05, 0.1) is 30.0 Å². The molecule has 0 saturated carbocycles. The van der Waals surface area contributed by atoms with Gasteiger partial charge >= 0.3 is 11.7 Å². The Balaban J connectivity index is 0.000000278. The number of hydrogen-bond acceptors (Lipinski definition) is 10. The zero-order valence-electron chi connectivity index (χ0n) is 31.8. The highest BCUT2D eigenvalue weighted by Crippen LogP contribution is 2.41. The summed E-state index contributed by atoms with van der Waals surface area (Å²) >= 11 is 7.08. The molecule has 2 fully saturated rings. The highest BCUT2D eigenvalue weighted by atomic mass is 35.5. The van der Waals surface area contributed by atoms with Crippen LogP contribution in [0.15, 0.2) is 52.1 Å². The number of benzene rings is 2. The summed E-state index contributed by atoms with van der Waals surface area (Å²) in [6.45, 7) is 6.82. The fourth-order valence-electron chi connectivity index (χ4n) is 7.85. The molecule has 3 aliphatic rings. The molecule has 2 aliphatic heterocycles. The summed E-state index contributed by atoms with van der Waals surface area (Å²) in [5, 5.41) is 19.2. The number of nitrogens with zero attached hydrogens (tertiary/aromatic N) is 6. The van der Waals surface area contributed by atoms with Crippen LogP contribution in [0.3, 0.4) is 0 Å². The number of nitrogens with one attached hydrogen (secondary N) is 3. The number of aliphatic hydroxyl groups excluding tert-OH is 1. The number of pyridine rings is 1. The zero-order chi connectivity index (χ0) is 39.0. The van der Waals surface area contributed by atoms with E-state index in [9.17, 15) is 14.4 Å². The van der Waals surface area contributed by atoms with Crippen LogP contribution in [0.2, 0.25) is 5.02 Å². The second kappa shape index (κ2) is 15.4. The van der Waals surface area contributed by atoms with E-state index >= 15 is 0 Å². The molecule has 5 heterocycles. The summed E-state index contributed by atoms with van der Waals surface area (Å²) in [5.41, 5.74) is 6.84. The van der Waals surface area contributed by atoms with Crippen molar-refractivity contribution in [3.63, 3.8) is 0 Å². The van der Waals surface area contributed by atoms with Gasteiger partial charge in [0, 0.05) is 56.1 Å². The summed E-state index contributed by atoms with van der Waals surface area (Å²) < 4.78 is 8.03. The molecular weight excluding hydrogens is 722 g/mol. The Kier molecular flexibility index (Phi) is 10.7. The summed E-state index contributed by atoms with van der Waals surface area (Å²) in [6.07, 6.45) is 5.06. The van der Waals surface area contributed by atoms with Crippen molar-refractivity contribution in [3.8, 4) is 28.3 Å². The van der Waals surface area contributed by atoms with Gasteiger partial charge in [-0.15, -0.1) is 0 Å². The third kappa shape index (κ3) is 7.17. The Hall–Kier alpha value is -5.31. The number of carbonyl (C=O) groups excluding carboxylic acids is 1. The normalized spacial score (nSPS) is 17.6. The number of methoxy groups -OCH3 is 1. The van der Waals surface area contributed by atoms with E-state index in [2.05, 4.69) is 32.0 Å². The van der Waals surface area contributed by atoms with Crippen LogP contribution in [0.5, 0.6) is 5.88 Å². The van der Waals surface area contributed by atoms with E-state index in [0.29, 0.717) is 29.1 Å². The molecule has 1 aliphatic carbocycles. The molecule has 8 rings (SSSR count). The quantitative estimate of drug-likeness (QED) is 0.187. The lowest BCUT2D eigenvalue weighted by Gasteiger charge is -2.39. The first kappa shape index (κ1) is 38.0. The number of carbonyl (C=O) groups is 1. The van der Waals surface area contributed by atoms with E-state index in [1.807, 2.05) is 43.3 Å². The molecule has 5 aromatic rings. The Morgan fingerprint density at radius 3 is 2.47 bits per heavy atom. The van der Waals surface area contributed by atoms with Crippen molar-refractivity contribution in [2.45, 2.75) is 51.5 Å². The van der Waals surface area contributed by atoms with Crippen LogP contribution in [0.1, 0.15) is 41.8 Å². The first-order chi connectivity index (χ1) is 26.4. The van der Waals surface area contributed by atoms with Crippen molar-refractivity contribution in [1.29, 1.82) is 0 Å². The van der Waals surface area contributed by atoms with Crippen LogP contribution in [-0.4, -0.2) is 85.6 Å². The van der Waals surface area contributed by atoms with Gasteiger partial charge in [-0.25, -0.2) is 24.5 Å². The lowest BCUT2D eigenvalue weighted by Crippen LogP contribution is -2.61. The van der Waals surface area contributed by atoms with Gasteiger partial charge < -0.3 is 30.7 Å². The average Bonchev–Trinajstić information content (AvgIpc) is 3.85. The van der Waals surface area contributed by atoms with E-state index in [4.69, 9.17) is 26.4 Å². The smallest absolute Gasteiger partial charge is 0.332 e. The number of β-amino-alcohol motifs (C(OH)–C–C–N with tert-alkyl or cyclic N) is 1. The highest BCUT2D eigenvalue weighted by molar-refractivity contribution is 6.36. The SMILES string of the molecule is COc1nc(-c2cccc(-c3cccc(Nc4nc(C)nc5c4c(=O)n(C)c(=O)n5C)c3C)c2Cl)cc2c1CCC2.O=C1NC2(CCNC2)CCN1CCO. The standard InChI is InChI=1S/C31H29ClN6O3.C9H17N3O2/c1-16-19(21-12-7-13-22(26(21)32)24-15-18-9-6-11-20(18)29(36-24)41-5)10-8-14-23(16)35-27-25-28(34-17(2)33-27)37(3)31(40)38(4)30(25)39;13-6-5-12-4-2-9(11-8(12)14)1-3-10-7-9/h7-8,10,12-15H,6,9,11H2,1-5H3,(H,33,34,35);10,13H,1-7H2,(H,11,14). The molecule has 288 valence electrons. The van der Waals surface area contributed by atoms with Gasteiger partial charge in [0.2, 0.25) is 5.88 Å². The number of fused-ring (bicyclic) bond motifs is 2. The number of urea groups is 1. The van der Waals surface area contributed by atoms with Gasteiger partial charge in [0.25, 0.3) is 5.56 Å². The summed E-state index contributed by atoms with van der Waals surface area (Å²) in [7, 11) is 4.69. The predicted octanol–water partition coefficient (Wildman–Crippen LogP) is 4.39. The Labute approximate surface area is 323 Å². The predicted molar refractivity (Wildman–Crippen MR) is 213 cm³/mol. The molecule has 0 bridgehead atoms. The third-order valence-electron chi connectivity index (χ3n) is 10.9. The highest BCUT2D eigenvalue weighted by Gasteiger charge is 2.40. The molecule has 0 radical (unpaired) electrons. The molecule has 1 atom stereocenters. The van der Waals surface area contributed by atoms with Gasteiger partial charge in [-0.05, 0) is 81.3 Å². The second-order valence-corrected chi connectivity index (χ2v) is 14.8. The molecule has 2 saturated heterocycles. The zero-order valence-corrected chi connectivity index (χ0v) is 32.5. The number of aromatic nitrogens is 5. The maximum absolute atomic E-state index is 13.1. The van der Waals surface area contributed by atoms with Gasteiger partial charge in [-0.2, -0.15) is 0 Å². The van der Waals surface area contributed by atoms with Crippen LogP contribution in [-0.2, 0) is 26.9 Å². The van der Waals surface area contributed by atoms with Crippen molar-refractivity contribution in [1.82, 2.24) is 39.6 Å². The number of aryl methyl sites for hydroxylation is 3. The van der Waals surface area contributed by atoms with Crippen molar-refractivity contribution in [3.05, 3.63) is 90.8 Å². The number of anilines is 2. The third-order valence-corrected chi connectivity index (χ3v) is 11.3. The minimum Gasteiger partial charge on any atom is -0.481 e. The Bertz CT molecular complexity index is 2420. The Morgan fingerprint density at radius 1 is 0.982 bits per heavy atom. The molecule has 2 amide bonds. The fourth-order valence-corrected chi connectivity index (χ4v) is 8.18. The Morgan fingerprint density at radius 2 is 1.75 bits per heavy atom. The number of aliphatic hydroxyl groups is 1. The number of rotatable bonds is 7. The van der Waals surface area contributed by atoms with E-state index in [1.54, 1.807) is 26.0 Å². The molecule has 1 spiro atoms. The summed E-state index contributed by atoms with van der Waals surface area (Å²) in [4.78, 5) is 52.6. The fraction of sp³-hybridized carbons (Fsp3) is 0.400. The van der Waals surface area contributed by atoms with E-state index in [0.717, 1.165) is 89.9 Å². The van der Waals surface area contributed by atoms with Crippen LogP contribution < -0.4 is 31.9 Å². The van der Waals surface area contributed by atoms with Crippen LogP contribution >= 0.6 is 11.6 Å². The van der Waals surface area contributed by atoms with Gasteiger partial charge in [0.15, 0.2) is 5.65 Å². The van der Waals surface area contributed by atoms with E-state index in [-0.39, 0.29) is 29.2 Å². The lowest BCUT2D eigenvalue weighted by molar-refractivity contribution is 0.136. The van der Waals surface area contributed by atoms with Crippen LogP contribution in [0.4, 0.5) is 16.3 Å². The maximum Gasteiger partial charge on any atom is 0.332 e. The largest absolute Gasteiger partial charge is 0.481 e. The molecular formula is C40H46ClN9O5. The van der Waals surface area contributed by atoms with Crippen molar-refractivity contribution < 1.29 is 14.6 Å². The first-order valence-electron chi connectivity index (χ1n) is 18.5. The summed E-state index contributed by atoms with van der Waals surface area (Å²) in [6, 6.07) is 13.9. The molecule has 3 aromatic heterocycles. The van der Waals surface area contributed by atoms with Gasteiger partial charge in [-0.1, -0.05) is 41.9 Å². The molecule has 2 aromatic carbocycles. The molecule has 14 nitrogen and oxygen atoms in total. The molecule has 1 unspecified atom stereocenters. The summed E-state index contributed by atoms with van der Waals surface area (Å²) in [5.74, 6) is 1.43. The lowest BCUT2D eigenvalue weighted by atomic mass is 9.92. The van der Waals surface area contributed by atoms with Crippen molar-refractivity contribution in [2.75, 3.05) is 45.2 Å². The van der Waals surface area contributed by atoms with E-state index in [1.165, 1.54) is 22.7 Å². The number of halogens is 1. The first-order valence-corrected chi connectivity index (χ1v) is 18.9. The van der Waals surface area contributed by atoms with Crippen molar-refractivity contribution in [2.24, 2.45) is 14.1 Å². The van der Waals surface area contributed by atoms with Gasteiger partial charge in [0.1, 0.15) is 17.0 Å². The monoisotopic (exact) mass is 767 g/mol.